The molecule has 1 radical (unpaired) electrons. The lowest BCUT2D eigenvalue weighted by Gasteiger charge is -2.62. The molecule has 0 aromatic carbocycles. The molecular weight excluding hydrogens is 1490 g/mol. The zero-order chi connectivity index (χ0) is 88.4. The van der Waals surface area contributed by atoms with E-state index in [0.29, 0.717) is 12.0 Å². The highest BCUT2D eigenvalue weighted by atomic mass is 19.1. The minimum atomic E-state index is -2.26. The lowest BCUT2D eigenvalue weighted by atomic mass is 9.44. The molecule has 20 atom stereocenters. The zero-order valence-corrected chi connectivity index (χ0v) is 74.1. The number of alkyl halides is 1. The summed E-state index contributed by atoms with van der Waals surface area (Å²) >= 11 is 0. The van der Waals surface area contributed by atoms with Crippen LogP contribution in [0.5, 0.6) is 0 Å². The Hall–Kier alpha value is -8.15. The molecule has 1 saturated heterocycles. The van der Waals surface area contributed by atoms with Crippen molar-refractivity contribution in [1.29, 1.82) is 0 Å². The van der Waals surface area contributed by atoms with Gasteiger partial charge in [0.1, 0.15) is 78.7 Å². The number of likely N-dealkylation sites (N-methyl/N-ethyl adjacent to an activating group) is 7. The number of halogens is 1. The first-order valence-electron chi connectivity index (χ1n) is 41.6. The number of amides is 11. The second kappa shape index (κ2) is 40.5. The molecule has 29 nitrogen and oxygen atoms in total. The Labute approximate surface area is 687 Å². The molecule has 4 fully saturated rings. The van der Waals surface area contributed by atoms with Gasteiger partial charge in [0.2, 0.25) is 65.0 Å². The van der Waals surface area contributed by atoms with Crippen LogP contribution in [0.25, 0.3) is 0 Å². The van der Waals surface area contributed by atoms with E-state index in [-0.39, 0.29) is 87.2 Å². The van der Waals surface area contributed by atoms with E-state index in [1.807, 2.05) is 55.4 Å². The van der Waals surface area contributed by atoms with Gasteiger partial charge in [-0.3, -0.25) is 62.3 Å². The largest absolute Gasteiger partial charge is 0.508 e. The second-order valence-corrected chi connectivity index (χ2v) is 36.5. The number of fused-ring (bicyclic) bond motifs is 5. The maximum atomic E-state index is 18.1. The maximum absolute atomic E-state index is 18.1. The van der Waals surface area contributed by atoms with Gasteiger partial charge in [-0.2, -0.15) is 0 Å². The molecule has 0 spiro atoms. The van der Waals surface area contributed by atoms with Gasteiger partial charge in [0.15, 0.2) is 17.2 Å². The quantitative estimate of drug-likeness (QED) is 0.0555. The second-order valence-electron chi connectivity index (χ2n) is 36.5. The van der Waals surface area contributed by atoms with Crippen LogP contribution in [0.15, 0.2) is 36.0 Å². The summed E-state index contributed by atoms with van der Waals surface area (Å²) < 4.78 is 30.0. The predicted octanol–water partition coefficient (Wildman–Crippen LogP) is 6.55. The van der Waals surface area contributed by atoms with Crippen molar-refractivity contribution in [2.75, 3.05) is 62.5 Å². The van der Waals surface area contributed by atoms with E-state index in [2.05, 4.69) is 21.3 Å². The molecule has 5 aliphatic rings. The van der Waals surface area contributed by atoms with Gasteiger partial charge >= 0.3 is 6.16 Å². The summed E-state index contributed by atoms with van der Waals surface area (Å²) in [6.07, 6.45) is 4.48. The van der Waals surface area contributed by atoms with Crippen LogP contribution in [0.4, 0.5) is 9.18 Å². The smallest absolute Gasteiger partial charge is 0.433 e. The molecule has 4 aliphatic carbocycles. The van der Waals surface area contributed by atoms with E-state index in [1.54, 1.807) is 81.4 Å². The number of hydrogen-bond acceptors (Lipinski definition) is 18. The number of aliphatic hydroxyl groups excluding tert-OH is 1. The number of ketones is 2. The molecule has 5 rings (SSSR count). The summed E-state index contributed by atoms with van der Waals surface area (Å²) in [6, 6.07) is -13.7. The van der Waals surface area contributed by atoms with Crippen molar-refractivity contribution in [3.05, 3.63) is 42.4 Å². The van der Waals surface area contributed by atoms with Crippen LogP contribution in [0.3, 0.4) is 0 Å². The number of aliphatic hydroxyl groups is 2. The first-order chi connectivity index (χ1) is 53.7. The van der Waals surface area contributed by atoms with E-state index in [4.69, 9.17) is 9.47 Å². The Morgan fingerprint density at radius 2 is 1.10 bits per heavy atom. The highest BCUT2D eigenvalue weighted by Gasteiger charge is 2.75. The number of nitrogens with zero attached hydrogens (tertiary/aromatic N) is 7. The first kappa shape index (κ1) is 98.4. The number of nitrogens with one attached hydrogen (secondary N) is 4. The number of carbonyl (C=O) groups excluding carboxylic acids is 14. The first-order valence-corrected chi connectivity index (χ1v) is 41.6. The third kappa shape index (κ3) is 21.3. The van der Waals surface area contributed by atoms with E-state index in [9.17, 15) is 58.2 Å². The fourth-order valence-corrected chi connectivity index (χ4v) is 18.4. The SMILES string of the molecule is C/C=C/C[C@@H](C)C(OC(=O)OC[CH]C(=O)[C@@]1(O)[C@@H](C)CC2C3CCC4=CC(=O)C=C[C@]4(C)[C@@]3(F)[C@@H](O)C[C@@]21C)C1C(=O)NC(CC)C(=O)N(C)CC(=O)N(C)[C@@H](CC(C)C)C(=O)NC(C(C)C)C(=O)N(C)C(CC(C)C)C(=O)NC(C)C(=O)NC(C)C(=O)N(C)C(CC(C)C)C(=O)N(C)C(CC(C)C)C(=O)N(C)C(C(C)C)C(=O)N1C. The monoisotopic (exact) mass is 1630 g/mol. The Morgan fingerprint density at radius 3 is 1.63 bits per heavy atom. The van der Waals surface area contributed by atoms with E-state index in [0.717, 1.165) is 21.1 Å². The summed E-state index contributed by atoms with van der Waals surface area (Å²) in [4.78, 5) is 215. The third-order valence-electron chi connectivity index (χ3n) is 25.3. The molecule has 0 aromatic rings. The molecular formula is C86H139FN11O18. The van der Waals surface area contributed by atoms with Crippen molar-refractivity contribution >= 4 is 82.7 Å². The maximum Gasteiger partial charge on any atom is 0.508 e. The van der Waals surface area contributed by atoms with E-state index in [1.165, 1.54) is 101 Å². The molecule has 11 amide bonds. The number of hydrogen-bond donors (Lipinski definition) is 6. The summed E-state index contributed by atoms with van der Waals surface area (Å²) in [5.41, 5.74) is -6.66. The summed E-state index contributed by atoms with van der Waals surface area (Å²) in [6.45, 7) is 32.6. The van der Waals surface area contributed by atoms with Crippen molar-refractivity contribution in [3.63, 3.8) is 0 Å². The molecule has 12 unspecified atom stereocenters. The lowest BCUT2D eigenvalue weighted by Crippen LogP contribution is -2.69. The van der Waals surface area contributed by atoms with Crippen LogP contribution in [0, 0.1) is 76.4 Å². The molecule has 1 aliphatic heterocycles. The standard InChI is InChI=1S/C86H139FN11O18/c1-28-30-31-52(15)71(116-82(113)115-37-35-65(100)86(114)53(16)42-59-58-33-32-56-43-57(99)34-36-83(56,19)85(58,87)66(101)44-84(59,86)20)70-75(106)90-60(29-2)77(108)92(21)45-67(102)93(22)61(38-46(3)4)74(105)91-68(50(11)12)80(111)94(23)62(39-47(5)6)73(104)88-54(17)72(103)89-55(18)76(107)95(24)63(40-48(7)8)78(109)96(25)64(41-49(9)10)79(110)97(26)69(51(13)14)81(112)98(70)27/h28,30,34-36,43,46-55,58-64,66,68-71,101,114H,29,31-33,37-42,44-45H2,1-27H3,(H,88,104)(H,89,103)(H,90,106)(H,91,105)/b30-28+/t52-,53+,54?,55?,58?,59?,60?,61+,62?,63?,64?,66+,68?,69?,70?,71?,83+,84+,85+,86+/m1/s1. The van der Waals surface area contributed by atoms with Crippen molar-refractivity contribution in [3.8, 4) is 0 Å². The minimum Gasteiger partial charge on any atom is -0.433 e. The van der Waals surface area contributed by atoms with E-state index < -0.39 is 220 Å². The highest BCUT2D eigenvalue weighted by molar-refractivity contribution is 6.02. The van der Waals surface area contributed by atoms with Gasteiger partial charge < -0.3 is 75.3 Å². The number of allylic oxidation sites excluding steroid dienone is 6. The zero-order valence-electron chi connectivity index (χ0n) is 74.1. The van der Waals surface area contributed by atoms with E-state index >= 15 is 23.6 Å². The van der Waals surface area contributed by atoms with Gasteiger partial charge in [0, 0.05) is 66.1 Å². The average molecular weight is 1630 g/mol. The molecule has 3 saturated carbocycles. The lowest BCUT2D eigenvalue weighted by molar-refractivity contribution is -0.218. The van der Waals surface area contributed by atoms with Crippen molar-refractivity contribution in [2.24, 2.45) is 70.0 Å². The topological polar surface area (TPSA) is 369 Å². The van der Waals surface area contributed by atoms with Crippen LogP contribution in [-0.2, 0) is 71.8 Å². The molecule has 0 aromatic heterocycles. The van der Waals surface area contributed by atoms with Crippen LogP contribution < -0.4 is 21.3 Å². The van der Waals surface area contributed by atoms with Gasteiger partial charge in [-0.25, -0.2) is 9.18 Å². The third-order valence-corrected chi connectivity index (χ3v) is 25.3. The average Bonchev–Trinajstić information content (AvgIpc) is 1.44. The van der Waals surface area contributed by atoms with Crippen LogP contribution in [0.2, 0.25) is 0 Å². The van der Waals surface area contributed by atoms with Crippen molar-refractivity contribution in [2.45, 2.75) is 287 Å². The van der Waals surface area contributed by atoms with Gasteiger partial charge in [-0.05, 0) is 157 Å². The van der Waals surface area contributed by atoms with Crippen LogP contribution in [-0.4, -0.2) is 274 Å². The Morgan fingerprint density at radius 1 is 0.603 bits per heavy atom. The number of rotatable bonds is 20. The van der Waals surface area contributed by atoms with Gasteiger partial charge in [0.05, 0.1) is 19.1 Å². The van der Waals surface area contributed by atoms with Crippen LogP contribution >= 0.6 is 0 Å². The molecule has 6 N–H and O–H groups in total. The van der Waals surface area contributed by atoms with Gasteiger partial charge in [-0.15, -0.1) is 0 Å². The predicted molar refractivity (Wildman–Crippen MR) is 436 cm³/mol. The summed E-state index contributed by atoms with van der Waals surface area (Å²) in [7, 11) is 9.54. The fourth-order valence-electron chi connectivity index (χ4n) is 18.4. The summed E-state index contributed by atoms with van der Waals surface area (Å²) in [5.74, 6) is -15.0. The Bertz CT molecular complexity index is 3690. The fraction of sp³-hybridized carbons (Fsp3) is 0.756. The Balaban J connectivity index is 1.64. The molecule has 653 valence electrons. The molecule has 0 bridgehead atoms. The Kier molecular flexibility index (Phi) is 34.4. The van der Waals surface area contributed by atoms with Crippen molar-refractivity contribution < 1.29 is 91.2 Å². The summed E-state index contributed by atoms with van der Waals surface area (Å²) in [5, 5.41) is 35.9. The number of Topliss-reactive ketones (excluding diaryl/α,β-unsaturated/α-hetero) is 1. The van der Waals surface area contributed by atoms with Crippen molar-refractivity contribution in [1.82, 2.24) is 55.6 Å². The molecule has 30 heteroatoms. The highest BCUT2D eigenvalue weighted by Crippen LogP contribution is 2.71. The molecule has 116 heavy (non-hydrogen) atoms. The van der Waals surface area contributed by atoms with Crippen LogP contribution in [0.1, 0.15) is 203 Å². The molecule has 1 heterocycles. The minimum absolute atomic E-state index is 0.0378. The number of carbonyl (C=O) groups is 14. The number of ether oxygens (including phenoxy) is 2. The van der Waals surface area contributed by atoms with Gasteiger partial charge in [0.25, 0.3) is 0 Å². The van der Waals surface area contributed by atoms with Gasteiger partial charge in [-0.1, -0.05) is 135 Å². The normalized spacial score (nSPS) is 32.8.